The van der Waals surface area contributed by atoms with E-state index in [-0.39, 0.29) is 0 Å². The number of aryl methyl sites for hydroxylation is 1. The van der Waals surface area contributed by atoms with Gasteiger partial charge in [0.25, 0.3) is 0 Å². The van der Waals surface area contributed by atoms with E-state index in [1.807, 2.05) is 24.6 Å². The zero-order valence-electron chi connectivity index (χ0n) is 8.81. The van der Waals surface area contributed by atoms with Crippen LogP contribution in [0.4, 0.5) is 5.82 Å². The van der Waals surface area contributed by atoms with Crippen molar-refractivity contribution in [2.75, 3.05) is 5.73 Å². The van der Waals surface area contributed by atoms with Crippen molar-refractivity contribution < 1.29 is 0 Å². The lowest BCUT2D eigenvalue weighted by Gasteiger charge is -2.10. The van der Waals surface area contributed by atoms with Crippen LogP contribution >= 0.6 is 0 Å². The van der Waals surface area contributed by atoms with Gasteiger partial charge in [0.15, 0.2) is 0 Å². The third-order valence-electron chi connectivity index (χ3n) is 2.36. The first-order valence-corrected chi connectivity index (χ1v) is 4.83. The van der Waals surface area contributed by atoms with E-state index in [0.717, 1.165) is 23.6 Å². The van der Waals surface area contributed by atoms with E-state index in [9.17, 15) is 0 Å². The van der Waals surface area contributed by atoms with Gasteiger partial charge in [-0.05, 0) is 13.3 Å². The van der Waals surface area contributed by atoms with Crippen LogP contribution in [0.1, 0.15) is 18.3 Å². The zero-order valence-corrected chi connectivity index (χ0v) is 8.81. The summed E-state index contributed by atoms with van der Waals surface area (Å²) in [5, 5.41) is 0. The van der Waals surface area contributed by atoms with E-state index < -0.39 is 0 Å². The molecule has 0 aliphatic carbocycles. The van der Waals surface area contributed by atoms with Gasteiger partial charge in [0.2, 0.25) is 0 Å². The topological polar surface area (TPSA) is 69.6 Å². The predicted molar refractivity (Wildman–Crippen MR) is 57.7 cm³/mol. The van der Waals surface area contributed by atoms with E-state index in [0.29, 0.717) is 5.82 Å². The second-order valence-corrected chi connectivity index (χ2v) is 3.26. The van der Waals surface area contributed by atoms with Crippen LogP contribution in [0.25, 0.3) is 5.82 Å². The van der Waals surface area contributed by atoms with Gasteiger partial charge in [0.05, 0.1) is 0 Å². The molecule has 15 heavy (non-hydrogen) atoms. The summed E-state index contributed by atoms with van der Waals surface area (Å²) in [4.78, 5) is 12.4. The minimum atomic E-state index is 0.538. The van der Waals surface area contributed by atoms with Crippen molar-refractivity contribution >= 4 is 5.82 Å². The monoisotopic (exact) mass is 203 g/mol. The van der Waals surface area contributed by atoms with Crippen LogP contribution in [0, 0.1) is 6.92 Å². The lowest BCUT2D eigenvalue weighted by Crippen LogP contribution is -2.07. The van der Waals surface area contributed by atoms with Crippen LogP contribution in [-0.2, 0) is 6.42 Å². The van der Waals surface area contributed by atoms with E-state index >= 15 is 0 Å². The van der Waals surface area contributed by atoms with Gasteiger partial charge in [-0.25, -0.2) is 15.0 Å². The molecule has 0 aromatic carbocycles. The number of imidazole rings is 1. The fourth-order valence-electron chi connectivity index (χ4n) is 1.56. The van der Waals surface area contributed by atoms with Crippen LogP contribution in [0.15, 0.2) is 18.7 Å². The molecule has 0 atom stereocenters. The predicted octanol–water partition coefficient (Wildman–Crippen LogP) is 1.12. The lowest BCUT2D eigenvalue weighted by molar-refractivity contribution is 0.889. The van der Waals surface area contributed by atoms with Crippen LogP contribution in [-0.4, -0.2) is 19.5 Å². The zero-order chi connectivity index (χ0) is 10.8. The van der Waals surface area contributed by atoms with Crippen molar-refractivity contribution in [3.8, 4) is 5.82 Å². The Bertz CT molecular complexity index is 474. The normalized spacial score (nSPS) is 10.5. The summed E-state index contributed by atoms with van der Waals surface area (Å²) < 4.78 is 1.91. The lowest BCUT2D eigenvalue weighted by atomic mass is 10.2. The minimum Gasteiger partial charge on any atom is -0.383 e. The van der Waals surface area contributed by atoms with Crippen molar-refractivity contribution in [1.82, 2.24) is 19.5 Å². The standard InChI is InChI=1S/C10H13N5/c1-3-8-9(11)13-6-14-10(8)15-5-4-12-7(15)2/h4-6H,3H2,1-2H3,(H2,11,13,14). The number of nitrogens with two attached hydrogens (primary N) is 1. The second-order valence-electron chi connectivity index (χ2n) is 3.26. The Hall–Kier alpha value is -1.91. The number of nitrogens with zero attached hydrogens (tertiary/aromatic N) is 4. The van der Waals surface area contributed by atoms with Gasteiger partial charge in [-0.3, -0.25) is 4.57 Å². The molecule has 0 bridgehead atoms. The highest BCUT2D eigenvalue weighted by molar-refractivity contribution is 5.48. The smallest absolute Gasteiger partial charge is 0.146 e. The van der Waals surface area contributed by atoms with Crippen LogP contribution in [0.5, 0.6) is 0 Å². The quantitative estimate of drug-likeness (QED) is 0.793. The Morgan fingerprint density at radius 1 is 1.33 bits per heavy atom. The maximum Gasteiger partial charge on any atom is 0.146 e. The number of hydrogen-bond donors (Lipinski definition) is 1. The number of aromatic nitrogens is 4. The summed E-state index contributed by atoms with van der Waals surface area (Å²) in [6.07, 6.45) is 5.90. The summed E-state index contributed by atoms with van der Waals surface area (Å²) in [6, 6.07) is 0. The molecule has 2 aromatic heterocycles. The molecule has 0 amide bonds. The molecule has 0 radical (unpaired) electrons. The highest BCUT2D eigenvalue weighted by Gasteiger charge is 2.10. The van der Waals surface area contributed by atoms with Crippen molar-refractivity contribution in [2.24, 2.45) is 0 Å². The van der Waals surface area contributed by atoms with Crippen LogP contribution in [0.3, 0.4) is 0 Å². The maximum absolute atomic E-state index is 5.80. The average molecular weight is 203 g/mol. The summed E-state index contributed by atoms with van der Waals surface area (Å²) in [7, 11) is 0. The average Bonchev–Trinajstić information content (AvgIpc) is 2.64. The molecule has 0 aliphatic rings. The van der Waals surface area contributed by atoms with Crippen LogP contribution in [0.2, 0.25) is 0 Å². The van der Waals surface area contributed by atoms with Gasteiger partial charge in [-0.2, -0.15) is 0 Å². The van der Waals surface area contributed by atoms with Gasteiger partial charge in [-0.1, -0.05) is 6.92 Å². The summed E-state index contributed by atoms with van der Waals surface area (Å²) in [6.45, 7) is 3.96. The van der Waals surface area contributed by atoms with E-state index in [2.05, 4.69) is 15.0 Å². The van der Waals surface area contributed by atoms with Crippen molar-refractivity contribution in [3.05, 3.63) is 30.1 Å². The largest absolute Gasteiger partial charge is 0.383 e. The first-order valence-electron chi connectivity index (χ1n) is 4.83. The SMILES string of the molecule is CCc1c(N)ncnc1-n1ccnc1C. The molecule has 0 unspecified atom stereocenters. The minimum absolute atomic E-state index is 0.538. The third-order valence-corrected chi connectivity index (χ3v) is 2.36. The molecule has 78 valence electrons. The van der Waals surface area contributed by atoms with Crippen LogP contribution < -0.4 is 5.73 Å². The molecule has 0 aliphatic heterocycles. The molecule has 2 N–H and O–H groups in total. The fourth-order valence-corrected chi connectivity index (χ4v) is 1.56. The molecule has 0 saturated heterocycles. The van der Waals surface area contributed by atoms with E-state index in [4.69, 9.17) is 5.73 Å². The Morgan fingerprint density at radius 2 is 2.13 bits per heavy atom. The molecular weight excluding hydrogens is 190 g/mol. The molecule has 2 heterocycles. The van der Waals surface area contributed by atoms with Crippen molar-refractivity contribution in [3.63, 3.8) is 0 Å². The van der Waals surface area contributed by atoms with Gasteiger partial charge in [-0.15, -0.1) is 0 Å². The Kier molecular flexibility index (Phi) is 2.37. The molecule has 2 aromatic rings. The molecular formula is C10H13N5. The van der Waals surface area contributed by atoms with Gasteiger partial charge < -0.3 is 5.73 Å². The fraction of sp³-hybridized carbons (Fsp3) is 0.300. The number of anilines is 1. The maximum atomic E-state index is 5.80. The first-order chi connectivity index (χ1) is 7.24. The Labute approximate surface area is 88.0 Å². The third kappa shape index (κ3) is 1.56. The summed E-state index contributed by atoms with van der Waals surface area (Å²) in [5.74, 6) is 2.25. The number of rotatable bonds is 2. The highest BCUT2D eigenvalue weighted by atomic mass is 15.1. The highest BCUT2D eigenvalue weighted by Crippen LogP contribution is 2.17. The van der Waals surface area contributed by atoms with Gasteiger partial charge in [0.1, 0.15) is 23.8 Å². The van der Waals surface area contributed by atoms with Crippen molar-refractivity contribution in [1.29, 1.82) is 0 Å². The summed E-state index contributed by atoms with van der Waals surface area (Å²) in [5.41, 5.74) is 6.76. The molecule has 5 heteroatoms. The number of hydrogen-bond acceptors (Lipinski definition) is 4. The molecule has 5 nitrogen and oxygen atoms in total. The first kappa shape index (κ1) is 9.64. The van der Waals surface area contributed by atoms with Gasteiger partial charge >= 0.3 is 0 Å². The second kappa shape index (κ2) is 3.68. The van der Waals surface area contributed by atoms with Gasteiger partial charge in [0, 0.05) is 18.0 Å². The van der Waals surface area contributed by atoms with Crippen molar-refractivity contribution in [2.45, 2.75) is 20.3 Å². The summed E-state index contributed by atoms with van der Waals surface area (Å²) >= 11 is 0. The number of nitrogen functional groups attached to an aromatic ring is 1. The van der Waals surface area contributed by atoms with E-state index in [1.165, 1.54) is 6.33 Å². The Balaban J connectivity index is 2.63. The molecule has 2 rings (SSSR count). The van der Waals surface area contributed by atoms with E-state index in [1.54, 1.807) is 6.20 Å². The molecule has 0 fully saturated rings. The molecule has 0 saturated carbocycles. The Morgan fingerprint density at radius 3 is 2.73 bits per heavy atom. The molecule has 0 spiro atoms.